The number of nitrogens with zero attached hydrogens (tertiary/aromatic N) is 1. The summed E-state index contributed by atoms with van der Waals surface area (Å²) in [4.78, 5) is 34.2. The summed E-state index contributed by atoms with van der Waals surface area (Å²) in [6.07, 6.45) is -1.13. The maximum absolute atomic E-state index is 11.8. The maximum atomic E-state index is 11.8. The van der Waals surface area contributed by atoms with Crippen LogP contribution in [0.25, 0.3) is 0 Å². The van der Waals surface area contributed by atoms with Crippen molar-refractivity contribution >= 4 is 17.9 Å². The normalized spacial score (nSPS) is 10.8. The molecule has 7 nitrogen and oxygen atoms in total. The molecule has 1 aromatic rings. The zero-order valence-corrected chi connectivity index (χ0v) is 11.0. The first-order chi connectivity index (χ1) is 9.47. The van der Waals surface area contributed by atoms with E-state index in [2.05, 4.69) is 5.32 Å². The Morgan fingerprint density at radius 2 is 2.05 bits per heavy atom. The average Bonchev–Trinajstić information content (AvgIpc) is 2.46. The standard InChI is InChI=1S/C13H13N3O4/c1-8(11(17)16-13(19)15-2)20-12(18)10-5-3-4-9(6-10)7-14/h3-6,8H,1-2H3,(H2,15,16,17,19)/t8-/m1/s1. The predicted molar refractivity (Wildman–Crippen MR) is 68.6 cm³/mol. The van der Waals surface area contributed by atoms with E-state index in [0.717, 1.165) is 0 Å². The summed E-state index contributed by atoms with van der Waals surface area (Å²) < 4.78 is 4.90. The Morgan fingerprint density at radius 3 is 2.65 bits per heavy atom. The molecule has 1 aromatic carbocycles. The first-order valence-electron chi connectivity index (χ1n) is 5.71. The van der Waals surface area contributed by atoms with Crippen molar-refractivity contribution in [1.82, 2.24) is 10.6 Å². The van der Waals surface area contributed by atoms with Crippen molar-refractivity contribution in [3.8, 4) is 6.07 Å². The third kappa shape index (κ3) is 4.10. The number of benzene rings is 1. The van der Waals surface area contributed by atoms with Crippen LogP contribution in [0.1, 0.15) is 22.8 Å². The number of rotatable bonds is 3. The summed E-state index contributed by atoms with van der Waals surface area (Å²) in [6.45, 7) is 1.34. The lowest BCUT2D eigenvalue weighted by atomic mass is 10.1. The molecule has 0 bridgehead atoms. The Hall–Kier alpha value is -2.88. The number of imide groups is 1. The lowest BCUT2D eigenvalue weighted by Crippen LogP contribution is -2.43. The van der Waals surface area contributed by atoms with Gasteiger partial charge in [-0.25, -0.2) is 9.59 Å². The predicted octanol–water partition coefficient (Wildman–Crippen LogP) is 0.559. The molecule has 2 N–H and O–H groups in total. The van der Waals surface area contributed by atoms with Gasteiger partial charge in [-0.3, -0.25) is 10.1 Å². The highest BCUT2D eigenvalue weighted by Gasteiger charge is 2.20. The number of ether oxygens (including phenoxy) is 1. The third-order valence-electron chi connectivity index (χ3n) is 2.34. The second-order valence-electron chi connectivity index (χ2n) is 3.81. The van der Waals surface area contributed by atoms with Gasteiger partial charge in [-0.05, 0) is 25.1 Å². The Kier molecular flexibility index (Phi) is 5.23. The number of hydrogen-bond acceptors (Lipinski definition) is 5. The first kappa shape index (κ1) is 15.2. The molecule has 3 amide bonds. The molecular formula is C13H13N3O4. The highest BCUT2D eigenvalue weighted by Crippen LogP contribution is 2.07. The van der Waals surface area contributed by atoms with Gasteiger partial charge >= 0.3 is 12.0 Å². The minimum atomic E-state index is -1.13. The molecular weight excluding hydrogens is 262 g/mol. The minimum Gasteiger partial charge on any atom is -0.449 e. The van der Waals surface area contributed by atoms with Gasteiger partial charge in [0.2, 0.25) is 0 Å². The van der Waals surface area contributed by atoms with Crippen molar-refractivity contribution < 1.29 is 19.1 Å². The van der Waals surface area contributed by atoms with Crippen LogP contribution in [-0.2, 0) is 9.53 Å². The van der Waals surface area contributed by atoms with Crippen LogP contribution in [0.5, 0.6) is 0 Å². The van der Waals surface area contributed by atoms with Gasteiger partial charge < -0.3 is 10.1 Å². The van der Waals surface area contributed by atoms with E-state index in [1.165, 1.54) is 32.2 Å². The first-order valence-corrected chi connectivity index (χ1v) is 5.71. The molecule has 1 atom stereocenters. The van der Waals surface area contributed by atoms with Gasteiger partial charge in [0.05, 0.1) is 17.2 Å². The quantitative estimate of drug-likeness (QED) is 0.783. The van der Waals surface area contributed by atoms with Gasteiger partial charge in [0.15, 0.2) is 6.10 Å². The van der Waals surface area contributed by atoms with Gasteiger partial charge in [-0.1, -0.05) is 6.07 Å². The number of amides is 3. The van der Waals surface area contributed by atoms with Crippen molar-refractivity contribution in [1.29, 1.82) is 5.26 Å². The Morgan fingerprint density at radius 1 is 1.35 bits per heavy atom. The van der Waals surface area contributed by atoms with E-state index in [1.54, 1.807) is 6.07 Å². The molecule has 20 heavy (non-hydrogen) atoms. The van der Waals surface area contributed by atoms with Gasteiger partial charge in [-0.2, -0.15) is 5.26 Å². The SMILES string of the molecule is CNC(=O)NC(=O)[C@@H](C)OC(=O)c1cccc(C#N)c1. The number of urea groups is 1. The smallest absolute Gasteiger partial charge is 0.338 e. The molecule has 0 radical (unpaired) electrons. The molecule has 0 spiro atoms. The Bertz CT molecular complexity index is 577. The van der Waals surface area contributed by atoms with Crippen LogP contribution in [0.3, 0.4) is 0 Å². The average molecular weight is 275 g/mol. The molecule has 0 aliphatic rings. The summed E-state index contributed by atoms with van der Waals surface area (Å²) in [7, 11) is 1.35. The van der Waals surface area contributed by atoms with Crippen molar-refractivity contribution in [2.75, 3.05) is 7.05 Å². The molecule has 0 aromatic heterocycles. The van der Waals surface area contributed by atoms with Crippen LogP contribution in [0.2, 0.25) is 0 Å². The van der Waals surface area contributed by atoms with E-state index in [1.807, 2.05) is 11.4 Å². The van der Waals surface area contributed by atoms with Crippen LogP contribution < -0.4 is 10.6 Å². The van der Waals surface area contributed by atoms with Crippen molar-refractivity contribution in [2.45, 2.75) is 13.0 Å². The molecule has 7 heteroatoms. The Balaban J connectivity index is 2.68. The van der Waals surface area contributed by atoms with E-state index in [-0.39, 0.29) is 5.56 Å². The summed E-state index contributed by atoms with van der Waals surface area (Å²) in [5, 5.41) is 12.9. The Labute approximate surface area is 115 Å². The summed E-state index contributed by atoms with van der Waals surface area (Å²) in [6, 6.07) is 7.09. The van der Waals surface area contributed by atoms with E-state index in [4.69, 9.17) is 10.00 Å². The number of nitrogens with one attached hydrogen (secondary N) is 2. The highest BCUT2D eigenvalue weighted by molar-refractivity contribution is 5.98. The van der Waals surface area contributed by atoms with Crippen LogP contribution in [-0.4, -0.2) is 31.1 Å². The van der Waals surface area contributed by atoms with E-state index in [9.17, 15) is 14.4 Å². The van der Waals surface area contributed by atoms with Crippen LogP contribution in [0, 0.1) is 11.3 Å². The minimum absolute atomic E-state index is 0.156. The second-order valence-corrected chi connectivity index (χ2v) is 3.81. The van der Waals surface area contributed by atoms with Crippen LogP contribution >= 0.6 is 0 Å². The third-order valence-corrected chi connectivity index (χ3v) is 2.34. The highest BCUT2D eigenvalue weighted by atomic mass is 16.5. The van der Waals surface area contributed by atoms with Gasteiger partial charge in [0.1, 0.15) is 0 Å². The monoisotopic (exact) mass is 275 g/mol. The number of hydrogen-bond donors (Lipinski definition) is 2. The van der Waals surface area contributed by atoms with E-state index in [0.29, 0.717) is 5.56 Å². The number of carbonyl (C=O) groups is 3. The molecule has 0 aliphatic carbocycles. The van der Waals surface area contributed by atoms with E-state index < -0.39 is 24.0 Å². The molecule has 0 heterocycles. The summed E-state index contributed by atoms with van der Waals surface area (Å²) in [5.41, 5.74) is 0.463. The van der Waals surface area contributed by atoms with Gasteiger partial charge in [-0.15, -0.1) is 0 Å². The summed E-state index contributed by atoms with van der Waals surface area (Å²) >= 11 is 0. The lowest BCUT2D eigenvalue weighted by molar-refractivity contribution is -0.127. The van der Waals surface area contributed by atoms with Gasteiger partial charge in [0, 0.05) is 7.05 Å². The molecule has 0 unspecified atom stereocenters. The fourth-order valence-electron chi connectivity index (χ4n) is 1.27. The lowest BCUT2D eigenvalue weighted by Gasteiger charge is -2.12. The van der Waals surface area contributed by atoms with Crippen molar-refractivity contribution in [2.24, 2.45) is 0 Å². The molecule has 0 saturated heterocycles. The molecule has 1 rings (SSSR count). The van der Waals surface area contributed by atoms with Gasteiger partial charge in [0.25, 0.3) is 5.91 Å². The fourth-order valence-corrected chi connectivity index (χ4v) is 1.27. The zero-order valence-electron chi connectivity index (χ0n) is 11.0. The van der Waals surface area contributed by atoms with Crippen LogP contribution in [0.15, 0.2) is 24.3 Å². The molecule has 104 valence electrons. The number of carbonyl (C=O) groups excluding carboxylic acids is 3. The van der Waals surface area contributed by atoms with Crippen LogP contribution in [0.4, 0.5) is 4.79 Å². The second kappa shape index (κ2) is 6.89. The fraction of sp³-hybridized carbons (Fsp3) is 0.231. The summed E-state index contributed by atoms with van der Waals surface area (Å²) in [5.74, 6) is -1.49. The maximum Gasteiger partial charge on any atom is 0.338 e. The number of nitriles is 1. The van der Waals surface area contributed by atoms with Crippen molar-refractivity contribution in [3.05, 3.63) is 35.4 Å². The topological polar surface area (TPSA) is 108 Å². The van der Waals surface area contributed by atoms with Crippen molar-refractivity contribution in [3.63, 3.8) is 0 Å². The molecule has 0 fully saturated rings. The number of esters is 1. The van der Waals surface area contributed by atoms with E-state index >= 15 is 0 Å². The zero-order chi connectivity index (χ0) is 15.1. The molecule has 0 saturated carbocycles. The largest absolute Gasteiger partial charge is 0.449 e. The molecule has 0 aliphatic heterocycles.